The van der Waals surface area contributed by atoms with E-state index in [0.717, 1.165) is 11.1 Å². The number of carbonyl (C=O) groups excluding carboxylic acids is 1. The molecule has 0 bridgehead atoms. The molecule has 1 aromatic carbocycles. The smallest absolute Gasteiger partial charge is 0.335 e. The minimum Gasteiger partial charge on any atom is -0.478 e. The summed E-state index contributed by atoms with van der Waals surface area (Å²) in [6.07, 6.45) is 3.52. The number of esters is 1. The van der Waals surface area contributed by atoms with Crippen LogP contribution in [0.3, 0.4) is 0 Å². The lowest BCUT2D eigenvalue weighted by Gasteiger charge is -2.30. The third-order valence-corrected chi connectivity index (χ3v) is 3.93. The van der Waals surface area contributed by atoms with Crippen LogP contribution in [0.25, 0.3) is 0 Å². The summed E-state index contributed by atoms with van der Waals surface area (Å²) < 4.78 is 4.80. The number of rotatable bonds is 7. The molecule has 0 fully saturated rings. The van der Waals surface area contributed by atoms with Crippen LogP contribution < -0.4 is 5.32 Å². The predicted octanol–water partition coefficient (Wildman–Crippen LogP) is 2.35. The highest BCUT2D eigenvalue weighted by molar-refractivity contribution is 5.87. The average molecular weight is 328 g/mol. The molecule has 0 aliphatic carbocycles. The first-order chi connectivity index (χ1) is 11.4. The summed E-state index contributed by atoms with van der Waals surface area (Å²) in [5.41, 5.74) is 1.46. The summed E-state index contributed by atoms with van der Waals surface area (Å²) in [6.45, 7) is 2.40. The fourth-order valence-electron chi connectivity index (χ4n) is 2.41. The van der Waals surface area contributed by atoms with Gasteiger partial charge in [-0.15, -0.1) is 0 Å². The summed E-state index contributed by atoms with van der Waals surface area (Å²) >= 11 is 0. The molecule has 0 amide bonds. The molecule has 6 heteroatoms. The lowest BCUT2D eigenvalue weighted by atomic mass is 9.89. The first-order valence-electron chi connectivity index (χ1n) is 7.49. The number of hydrogen-bond acceptors (Lipinski definition) is 5. The molecule has 2 aromatic rings. The molecular formula is C18H20N2O4. The second-order valence-corrected chi connectivity index (χ2v) is 5.68. The van der Waals surface area contributed by atoms with Gasteiger partial charge >= 0.3 is 11.9 Å². The van der Waals surface area contributed by atoms with E-state index < -0.39 is 11.5 Å². The van der Waals surface area contributed by atoms with Crippen molar-refractivity contribution in [2.24, 2.45) is 0 Å². The molecule has 0 saturated heterocycles. The van der Waals surface area contributed by atoms with E-state index in [9.17, 15) is 9.59 Å². The van der Waals surface area contributed by atoms with Crippen LogP contribution in [0.4, 0.5) is 0 Å². The highest BCUT2D eigenvalue weighted by Gasteiger charge is 2.29. The maximum atomic E-state index is 11.8. The largest absolute Gasteiger partial charge is 0.478 e. The fraction of sp³-hybridized carbons (Fsp3) is 0.278. The molecule has 1 unspecified atom stereocenters. The Morgan fingerprint density at radius 1 is 1.17 bits per heavy atom. The minimum absolute atomic E-state index is 0.167. The van der Waals surface area contributed by atoms with Gasteiger partial charge in [0.15, 0.2) is 0 Å². The van der Waals surface area contributed by atoms with Gasteiger partial charge in [-0.05, 0) is 42.3 Å². The molecule has 1 aromatic heterocycles. The topological polar surface area (TPSA) is 88.5 Å². The quantitative estimate of drug-likeness (QED) is 0.759. The van der Waals surface area contributed by atoms with Gasteiger partial charge in [-0.3, -0.25) is 9.78 Å². The summed E-state index contributed by atoms with van der Waals surface area (Å²) in [7, 11) is 1.36. The first kappa shape index (κ1) is 17.6. The van der Waals surface area contributed by atoms with E-state index in [2.05, 4.69) is 10.3 Å². The minimum atomic E-state index is -0.957. The van der Waals surface area contributed by atoms with E-state index in [-0.39, 0.29) is 18.0 Å². The van der Waals surface area contributed by atoms with E-state index in [4.69, 9.17) is 9.84 Å². The molecule has 1 atom stereocenters. The molecule has 2 rings (SSSR count). The Balaban J connectivity index is 2.16. The van der Waals surface area contributed by atoms with Gasteiger partial charge in [-0.1, -0.05) is 12.1 Å². The van der Waals surface area contributed by atoms with Crippen LogP contribution in [-0.2, 0) is 21.6 Å². The molecule has 0 aliphatic rings. The van der Waals surface area contributed by atoms with E-state index in [1.165, 1.54) is 7.11 Å². The second kappa shape index (κ2) is 7.70. The van der Waals surface area contributed by atoms with Crippen molar-refractivity contribution in [1.82, 2.24) is 10.3 Å². The molecule has 0 aliphatic heterocycles. The van der Waals surface area contributed by atoms with Crippen LogP contribution in [0.5, 0.6) is 0 Å². The van der Waals surface area contributed by atoms with Gasteiger partial charge in [0.2, 0.25) is 0 Å². The number of nitrogens with zero attached hydrogens (tertiary/aromatic N) is 1. The monoisotopic (exact) mass is 328 g/mol. The SMILES string of the molecule is COC(=O)CC(C)(NCc1ccc(C(=O)O)cc1)c1ccncc1. The molecule has 0 saturated carbocycles. The summed E-state index contributed by atoms with van der Waals surface area (Å²) in [6, 6.07) is 10.3. The Labute approximate surface area is 140 Å². The number of hydrogen-bond donors (Lipinski definition) is 2. The molecule has 0 spiro atoms. The Morgan fingerprint density at radius 3 is 2.33 bits per heavy atom. The van der Waals surface area contributed by atoms with Crippen molar-refractivity contribution < 1.29 is 19.4 Å². The van der Waals surface area contributed by atoms with Gasteiger partial charge in [0.1, 0.15) is 0 Å². The number of pyridine rings is 1. The third kappa shape index (κ3) is 4.39. The number of aromatic nitrogens is 1. The van der Waals surface area contributed by atoms with Crippen LogP contribution in [0, 0.1) is 0 Å². The number of methoxy groups -OCH3 is 1. The Bertz CT molecular complexity index is 701. The van der Waals surface area contributed by atoms with Gasteiger partial charge in [-0.2, -0.15) is 0 Å². The van der Waals surface area contributed by atoms with Gasteiger partial charge in [0.25, 0.3) is 0 Å². The number of carbonyl (C=O) groups is 2. The van der Waals surface area contributed by atoms with Crippen molar-refractivity contribution in [3.8, 4) is 0 Å². The van der Waals surface area contributed by atoms with Gasteiger partial charge in [0.05, 0.1) is 24.6 Å². The zero-order valence-corrected chi connectivity index (χ0v) is 13.7. The van der Waals surface area contributed by atoms with E-state index in [0.29, 0.717) is 6.54 Å². The predicted molar refractivity (Wildman–Crippen MR) is 88.5 cm³/mol. The van der Waals surface area contributed by atoms with Crippen molar-refractivity contribution in [2.45, 2.75) is 25.4 Å². The highest BCUT2D eigenvalue weighted by Crippen LogP contribution is 2.25. The zero-order valence-electron chi connectivity index (χ0n) is 13.7. The lowest BCUT2D eigenvalue weighted by Crippen LogP contribution is -2.41. The van der Waals surface area contributed by atoms with Crippen LogP contribution in [-0.4, -0.2) is 29.1 Å². The maximum absolute atomic E-state index is 11.8. The summed E-state index contributed by atoms with van der Waals surface area (Å²) in [5.74, 6) is -1.27. The zero-order chi connectivity index (χ0) is 17.6. The van der Waals surface area contributed by atoms with Gasteiger partial charge in [0, 0.05) is 18.9 Å². The van der Waals surface area contributed by atoms with Gasteiger partial charge < -0.3 is 15.2 Å². The molecule has 126 valence electrons. The van der Waals surface area contributed by atoms with Crippen LogP contribution >= 0.6 is 0 Å². The normalized spacial score (nSPS) is 13.1. The van der Waals surface area contributed by atoms with Crippen LogP contribution in [0.15, 0.2) is 48.8 Å². The van der Waals surface area contributed by atoms with Crippen molar-refractivity contribution in [1.29, 1.82) is 0 Å². The molecule has 6 nitrogen and oxygen atoms in total. The Kier molecular flexibility index (Phi) is 5.65. The number of carboxylic acid groups (broad SMARTS) is 1. The third-order valence-electron chi connectivity index (χ3n) is 3.93. The van der Waals surface area contributed by atoms with E-state index in [1.54, 1.807) is 36.7 Å². The molecule has 1 heterocycles. The van der Waals surface area contributed by atoms with Crippen molar-refractivity contribution in [3.63, 3.8) is 0 Å². The number of benzene rings is 1. The molecular weight excluding hydrogens is 308 g/mol. The first-order valence-corrected chi connectivity index (χ1v) is 7.49. The number of aromatic carboxylic acids is 1. The second-order valence-electron chi connectivity index (χ2n) is 5.68. The van der Waals surface area contributed by atoms with Crippen molar-refractivity contribution in [3.05, 3.63) is 65.5 Å². The number of nitrogens with one attached hydrogen (secondary N) is 1. The average Bonchev–Trinajstić information content (AvgIpc) is 2.61. The Hall–Kier alpha value is -2.73. The number of ether oxygens (including phenoxy) is 1. The fourth-order valence-corrected chi connectivity index (χ4v) is 2.41. The Morgan fingerprint density at radius 2 is 1.79 bits per heavy atom. The standard InChI is InChI=1S/C18H20N2O4/c1-18(11-16(21)24-2,15-7-9-19-10-8-15)20-12-13-3-5-14(6-4-13)17(22)23/h3-10,20H,11-12H2,1-2H3,(H,22,23). The maximum Gasteiger partial charge on any atom is 0.335 e. The van der Waals surface area contributed by atoms with Crippen molar-refractivity contribution >= 4 is 11.9 Å². The van der Waals surface area contributed by atoms with Crippen LogP contribution in [0.2, 0.25) is 0 Å². The molecule has 0 radical (unpaired) electrons. The van der Waals surface area contributed by atoms with Crippen LogP contribution in [0.1, 0.15) is 34.8 Å². The summed E-state index contributed by atoms with van der Waals surface area (Å²) in [5, 5.41) is 12.3. The highest BCUT2D eigenvalue weighted by atomic mass is 16.5. The molecule has 24 heavy (non-hydrogen) atoms. The van der Waals surface area contributed by atoms with E-state index in [1.807, 2.05) is 19.1 Å². The lowest BCUT2D eigenvalue weighted by molar-refractivity contribution is -0.142. The van der Waals surface area contributed by atoms with E-state index >= 15 is 0 Å². The van der Waals surface area contributed by atoms with Gasteiger partial charge in [-0.25, -0.2) is 4.79 Å². The molecule has 2 N–H and O–H groups in total. The summed E-state index contributed by atoms with van der Waals surface area (Å²) in [4.78, 5) is 26.7. The number of carboxylic acids is 1. The van der Waals surface area contributed by atoms with Crippen molar-refractivity contribution in [2.75, 3.05) is 7.11 Å².